The van der Waals surface area contributed by atoms with E-state index in [2.05, 4.69) is 10.6 Å². The molecule has 164 valence electrons. The standard InChI is InChI=1S/C17H34N4O7/c1-17(2,3)28-16(25)21(4)13(18)15(24)20-11(10-22)14(23)19-9-7-8-12(26-5)27-6/h11-13,22H,7-10,18H2,1-6H3,(H,19,23)(H,20,24)/t11-,13+/m0/s1. The molecule has 0 bridgehead atoms. The van der Waals surface area contributed by atoms with Crippen molar-refractivity contribution in [2.45, 2.75) is 57.7 Å². The fraction of sp³-hybridized carbons (Fsp3) is 0.824. The Bertz CT molecular complexity index is 506. The predicted molar refractivity (Wildman–Crippen MR) is 101 cm³/mol. The minimum atomic E-state index is -1.39. The van der Waals surface area contributed by atoms with Gasteiger partial charge in [0.2, 0.25) is 5.91 Å². The number of likely N-dealkylation sites (N-methyl/N-ethyl adjacent to an activating group) is 1. The molecule has 0 spiro atoms. The molecule has 0 heterocycles. The maximum atomic E-state index is 12.2. The molecule has 0 aromatic heterocycles. The van der Waals surface area contributed by atoms with Crippen LogP contribution in [0.25, 0.3) is 0 Å². The summed E-state index contributed by atoms with van der Waals surface area (Å²) in [5.41, 5.74) is 4.99. The zero-order valence-electron chi connectivity index (χ0n) is 17.5. The SMILES string of the molecule is COC(CCCNC(=O)[C@H](CO)NC(=O)[C@H](N)N(C)C(=O)OC(C)(C)C)OC. The molecule has 0 rings (SSSR count). The van der Waals surface area contributed by atoms with E-state index in [1.165, 1.54) is 21.3 Å². The third kappa shape index (κ3) is 9.83. The lowest BCUT2D eigenvalue weighted by Crippen LogP contribution is -2.58. The van der Waals surface area contributed by atoms with Crippen LogP contribution in [0.15, 0.2) is 0 Å². The van der Waals surface area contributed by atoms with Crippen molar-refractivity contribution < 1.29 is 33.7 Å². The van der Waals surface area contributed by atoms with Gasteiger partial charge in [-0.1, -0.05) is 0 Å². The molecule has 3 amide bonds. The monoisotopic (exact) mass is 406 g/mol. The van der Waals surface area contributed by atoms with Crippen LogP contribution in [-0.4, -0.2) is 86.4 Å². The summed E-state index contributed by atoms with van der Waals surface area (Å²) in [7, 11) is 4.33. The molecule has 28 heavy (non-hydrogen) atoms. The van der Waals surface area contributed by atoms with Crippen LogP contribution in [0, 0.1) is 0 Å². The number of nitrogens with one attached hydrogen (secondary N) is 2. The quantitative estimate of drug-likeness (QED) is 0.255. The summed E-state index contributed by atoms with van der Waals surface area (Å²) in [5, 5.41) is 14.3. The van der Waals surface area contributed by atoms with Crippen LogP contribution in [0.1, 0.15) is 33.6 Å². The highest BCUT2D eigenvalue weighted by Crippen LogP contribution is 2.09. The summed E-state index contributed by atoms with van der Waals surface area (Å²) in [6.45, 7) is 4.71. The first-order valence-electron chi connectivity index (χ1n) is 8.92. The van der Waals surface area contributed by atoms with Gasteiger partial charge in [-0.25, -0.2) is 4.79 Å². The van der Waals surface area contributed by atoms with Crippen LogP contribution >= 0.6 is 0 Å². The first kappa shape index (κ1) is 26.1. The summed E-state index contributed by atoms with van der Waals surface area (Å²) in [5.74, 6) is -1.38. The van der Waals surface area contributed by atoms with Crippen molar-refractivity contribution in [3.05, 3.63) is 0 Å². The van der Waals surface area contributed by atoms with Gasteiger partial charge in [0.25, 0.3) is 5.91 Å². The van der Waals surface area contributed by atoms with E-state index in [4.69, 9.17) is 19.9 Å². The second-order valence-electron chi connectivity index (χ2n) is 7.11. The van der Waals surface area contributed by atoms with Crippen LogP contribution in [0.5, 0.6) is 0 Å². The first-order chi connectivity index (χ1) is 13.0. The summed E-state index contributed by atoms with van der Waals surface area (Å²) in [6, 6.07) is -1.20. The normalized spacial score (nSPS) is 13.6. The highest BCUT2D eigenvalue weighted by molar-refractivity contribution is 5.91. The summed E-state index contributed by atoms with van der Waals surface area (Å²) < 4.78 is 15.2. The van der Waals surface area contributed by atoms with Crippen LogP contribution in [-0.2, 0) is 23.8 Å². The van der Waals surface area contributed by atoms with E-state index < -0.39 is 42.3 Å². The van der Waals surface area contributed by atoms with Gasteiger partial charge in [0, 0.05) is 34.2 Å². The van der Waals surface area contributed by atoms with Gasteiger partial charge in [-0.2, -0.15) is 0 Å². The van der Waals surface area contributed by atoms with Gasteiger partial charge >= 0.3 is 6.09 Å². The zero-order chi connectivity index (χ0) is 21.9. The van der Waals surface area contributed by atoms with Crippen molar-refractivity contribution in [3.8, 4) is 0 Å². The Balaban J connectivity index is 4.56. The molecule has 0 unspecified atom stereocenters. The van der Waals surface area contributed by atoms with Gasteiger partial charge in [0.15, 0.2) is 12.5 Å². The fourth-order valence-corrected chi connectivity index (χ4v) is 2.01. The molecule has 2 atom stereocenters. The number of aliphatic hydroxyl groups is 1. The number of rotatable bonds is 11. The van der Waals surface area contributed by atoms with Crippen molar-refractivity contribution in [1.29, 1.82) is 0 Å². The lowest BCUT2D eigenvalue weighted by molar-refractivity contribution is -0.132. The molecule has 0 fully saturated rings. The molecule has 11 heteroatoms. The van der Waals surface area contributed by atoms with E-state index in [0.29, 0.717) is 19.4 Å². The van der Waals surface area contributed by atoms with E-state index in [-0.39, 0.29) is 6.29 Å². The van der Waals surface area contributed by atoms with Gasteiger partial charge in [-0.15, -0.1) is 0 Å². The largest absolute Gasteiger partial charge is 0.444 e. The fourth-order valence-electron chi connectivity index (χ4n) is 2.01. The van der Waals surface area contributed by atoms with Crippen LogP contribution in [0.4, 0.5) is 4.79 Å². The van der Waals surface area contributed by atoms with Crippen molar-refractivity contribution in [2.24, 2.45) is 5.73 Å². The Hall–Kier alpha value is -1.95. The Morgan fingerprint density at radius 1 is 1.14 bits per heavy atom. The molecule has 0 aliphatic rings. The topological polar surface area (TPSA) is 152 Å². The zero-order valence-corrected chi connectivity index (χ0v) is 17.5. The molecule has 11 nitrogen and oxygen atoms in total. The average molecular weight is 406 g/mol. The Morgan fingerprint density at radius 3 is 2.18 bits per heavy atom. The molecule has 0 radical (unpaired) electrons. The van der Waals surface area contributed by atoms with Crippen molar-refractivity contribution in [3.63, 3.8) is 0 Å². The molecule has 5 N–H and O–H groups in total. The highest BCUT2D eigenvalue weighted by atomic mass is 16.7. The number of methoxy groups -OCH3 is 2. The van der Waals surface area contributed by atoms with Crippen LogP contribution < -0.4 is 16.4 Å². The minimum absolute atomic E-state index is 0.304. The van der Waals surface area contributed by atoms with Gasteiger partial charge in [-0.05, 0) is 27.2 Å². The van der Waals surface area contributed by atoms with Crippen LogP contribution in [0.3, 0.4) is 0 Å². The van der Waals surface area contributed by atoms with Gasteiger partial charge < -0.3 is 35.7 Å². The molecule has 0 saturated carbocycles. The summed E-state index contributed by atoms with van der Waals surface area (Å²) in [6.07, 6.45) is -1.40. The van der Waals surface area contributed by atoms with E-state index >= 15 is 0 Å². The Labute approximate surface area is 165 Å². The van der Waals surface area contributed by atoms with E-state index in [0.717, 1.165) is 4.90 Å². The molecule has 0 aromatic carbocycles. The number of nitrogens with zero attached hydrogens (tertiary/aromatic N) is 1. The van der Waals surface area contributed by atoms with Crippen LogP contribution in [0.2, 0.25) is 0 Å². The number of carbonyl (C=O) groups excluding carboxylic acids is 3. The maximum Gasteiger partial charge on any atom is 0.411 e. The molecule has 0 saturated heterocycles. The first-order valence-corrected chi connectivity index (χ1v) is 8.92. The highest BCUT2D eigenvalue weighted by Gasteiger charge is 2.30. The number of nitrogens with two attached hydrogens (primary N) is 1. The number of amides is 3. The third-order valence-electron chi connectivity index (χ3n) is 3.62. The minimum Gasteiger partial charge on any atom is -0.444 e. The van der Waals surface area contributed by atoms with Gasteiger partial charge in [0.05, 0.1) is 6.61 Å². The number of carbonyl (C=O) groups is 3. The van der Waals surface area contributed by atoms with E-state index in [9.17, 15) is 19.5 Å². The third-order valence-corrected chi connectivity index (χ3v) is 3.62. The molecular weight excluding hydrogens is 372 g/mol. The van der Waals surface area contributed by atoms with E-state index in [1.807, 2.05) is 0 Å². The van der Waals surface area contributed by atoms with Crippen molar-refractivity contribution in [2.75, 3.05) is 34.4 Å². The number of hydrogen-bond donors (Lipinski definition) is 4. The summed E-state index contributed by atoms with van der Waals surface area (Å²) in [4.78, 5) is 37.2. The molecule has 0 aliphatic heterocycles. The number of hydrogen-bond acceptors (Lipinski definition) is 8. The smallest absolute Gasteiger partial charge is 0.411 e. The number of aliphatic hydroxyl groups excluding tert-OH is 1. The van der Waals surface area contributed by atoms with Crippen molar-refractivity contribution in [1.82, 2.24) is 15.5 Å². The second-order valence-corrected chi connectivity index (χ2v) is 7.11. The molecular formula is C17H34N4O7. The maximum absolute atomic E-state index is 12.2. The van der Waals surface area contributed by atoms with Crippen molar-refractivity contribution >= 4 is 17.9 Å². The molecule has 0 aromatic rings. The summed E-state index contributed by atoms with van der Waals surface area (Å²) >= 11 is 0. The molecule has 0 aliphatic carbocycles. The number of ether oxygens (including phenoxy) is 3. The second kappa shape index (κ2) is 12.5. The Kier molecular flexibility index (Phi) is 11.6. The average Bonchev–Trinajstić information content (AvgIpc) is 2.63. The Morgan fingerprint density at radius 2 is 1.71 bits per heavy atom. The van der Waals surface area contributed by atoms with Gasteiger partial charge in [-0.3, -0.25) is 14.5 Å². The van der Waals surface area contributed by atoms with E-state index in [1.54, 1.807) is 20.8 Å². The predicted octanol–water partition coefficient (Wildman–Crippen LogP) is -0.869. The van der Waals surface area contributed by atoms with Gasteiger partial charge in [0.1, 0.15) is 11.6 Å². The lowest BCUT2D eigenvalue weighted by atomic mass is 10.2. The lowest BCUT2D eigenvalue weighted by Gasteiger charge is -2.28.